The van der Waals surface area contributed by atoms with Gasteiger partial charge in [-0.1, -0.05) is 26.8 Å². The van der Waals surface area contributed by atoms with Gasteiger partial charge >= 0.3 is 0 Å². The van der Waals surface area contributed by atoms with Crippen molar-refractivity contribution in [2.75, 3.05) is 25.6 Å². The second-order valence-corrected chi connectivity index (χ2v) is 4.87. The summed E-state index contributed by atoms with van der Waals surface area (Å²) in [5.41, 5.74) is 7.85. The van der Waals surface area contributed by atoms with E-state index in [-0.39, 0.29) is 0 Å². The van der Waals surface area contributed by atoms with Crippen LogP contribution in [-0.2, 0) is 11.2 Å². The molecular formula is C15H25NO2. The van der Waals surface area contributed by atoms with E-state index in [1.165, 1.54) is 5.56 Å². The molecule has 1 rings (SSSR count). The minimum atomic E-state index is 0.549. The quantitative estimate of drug-likeness (QED) is 0.569. The van der Waals surface area contributed by atoms with Gasteiger partial charge in [0, 0.05) is 6.61 Å². The van der Waals surface area contributed by atoms with Crippen molar-refractivity contribution >= 4 is 5.69 Å². The molecule has 0 aliphatic rings. The van der Waals surface area contributed by atoms with Crippen molar-refractivity contribution in [1.82, 2.24) is 0 Å². The van der Waals surface area contributed by atoms with Crippen molar-refractivity contribution in [1.29, 1.82) is 0 Å². The molecule has 0 bridgehead atoms. The van der Waals surface area contributed by atoms with E-state index in [9.17, 15) is 0 Å². The summed E-state index contributed by atoms with van der Waals surface area (Å²) in [7, 11) is 0. The molecule has 0 fully saturated rings. The highest BCUT2D eigenvalue weighted by Gasteiger charge is 2.01. The molecule has 0 atom stereocenters. The number of anilines is 1. The highest BCUT2D eigenvalue weighted by atomic mass is 16.5. The van der Waals surface area contributed by atoms with E-state index in [2.05, 4.69) is 20.8 Å². The third-order valence-corrected chi connectivity index (χ3v) is 2.81. The molecular weight excluding hydrogens is 226 g/mol. The monoisotopic (exact) mass is 251 g/mol. The summed E-state index contributed by atoms with van der Waals surface area (Å²) in [6.45, 7) is 8.45. The Balaban J connectivity index is 2.23. The summed E-state index contributed by atoms with van der Waals surface area (Å²) >= 11 is 0. The summed E-state index contributed by atoms with van der Waals surface area (Å²) in [4.78, 5) is 0. The maximum Gasteiger partial charge on any atom is 0.142 e. The molecule has 18 heavy (non-hydrogen) atoms. The van der Waals surface area contributed by atoms with Crippen LogP contribution in [0.3, 0.4) is 0 Å². The Kier molecular flexibility index (Phi) is 6.58. The molecule has 0 unspecified atom stereocenters. The van der Waals surface area contributed by atoms with Gasteiger partial charge in [0.1, 0.15) is 12.4 Å². The second kappa shape index (κ2) is 7.98. The number of ether oxygens (including phenoxy) is 2. The largest absolute Gasteiger partial charge is 0.489 e. The summed E-state index contributed by atoms with van der Waals surface area (Å²) in [6, 6.07) is 5.95. The molecule has 0 spiro atoms. The maximum absolute atomic E-state index is 5.91. The predicted molar refractivity (Wildman–Crippen MR) is 76.0 cm³/mol. The minimum Gasteiger partial charge on any atom is -0.489 e. The molecule has 0 aromatic heterocycles. The lowest BCUT2D eigenvalue weighted by molar-refractivity contribution is 0.0928. The molecule has 0 amide bonds. The molecule has 0 heterocycles. The van der Waals surface area contributed by atoms with Crippen molar-refractivity contribution in [3.8, 4) is 5.75 Å². The summed E-state index contributed by atoms with van der Waals surface area (Å²) in [6.07, 6.45) is 2.08. The lowest BCUT2D eigenvalue weighted by Crippen LogP contribution is -2.09. The van der Waals surface area contributed by atoms with Crippen LogP contribution in [0, 0.1) is 5.92 Å². The van der Waals surface area contributed by atoms with Crippen molar-refractivity contribution in [2.24, 2.45) is 5.92 Å². The third-order valence-electron chi connectivity index (χ3n) is 2.81. The maximum atomic E-state index is 5.91. The topological polar surface area (TPSA) is 44.5 Å². The predicted octanol–water partition coefficient (Wildman–Crippen LogP) is 3.27. The van der Waals surface area contributed by atoms with Crippen LogP contribution < -0.4 is 10.5 Å². The Morgan fingerprint density at radius 2 is 1.94 bits per heavy atom. The molecule has 102 valence electrons. The first-order chi connectivity index (χ1) is 8.63. The zero-order valence-corrected chi connectivity index (χ0v) is 11.7. The molecule has 0 saturated heterocycles. The van der Waals surface area contributed by atoms with Crippen molar-refractivity contribution in [3.05, 3.63) is 23.8 Å². The number of benzene rings is 1. The van der Waals surface area contributed by atoms with Crippen LogP contribution in [0.15, 0.2) is 18.2 Å². The average molecular weight is 251 g/mol. The molecule has 3 heteroatoms. The van der Waals surface area contributed by atoms with Gasteiger partial charge in [-0.25, -0.2) is 0 Å². The number of hydrogen-bond donors (Lipinski definition) is 1. The van der Waals surface area contributed by atoms with E-state index in [1.54, 1.807) is 0 Å². The normalized spacial score (nSPS) is 10.9. The fraction of sp³-hybridized carbons (Fsp3) is 0.600. The lowest BCUT2D eigenvalue weighted by atomic mass is 10.1. The van der Waals surface area contributed by atoms with Gasteiger partial charge in [0.15, 0.2) is 0 Å². The first-order valence-corrected chi connectivity index (χ1v) is 6.72. The molecule has 0 aliphatic carbocycles. The van der Waals surface area contributed by atoms with E-state index in [0.29, 0.717) is 24.8 Å². The SMILES string of the molecule is CCc1ccc(OCCOCCC(C)C)c(N)c1. The van der Waals surface area contributed by atoms with Gasteiger partial charge in [0.25, 0.3) is 0 Å². The van der Waals surface area contributed by atoms with Crippen LogP contribution in [-0.4, -0.2) is 19.8 Å². The molecule has 0 saturated carbocycles. The highest BCUT2D eigenvalue weighted by molar-refractivity contribution is 5.54. The summed E-state index contributed by atoms with van der Waals surface area (Å²) < 4.78 is 11.1. The molecule has 2 N–H and O–H groups in total. The van der Waals surface area contributed by atoms with Crippen molar-refractivity contribution in [3.63, 3.8) is 0 Å². The van der Waals surface area contributed by atoms with Gasteiger partial charge in [-0.3, -0.25) is 0 Å². The van der Waals surface area contributed by atoms with Crippen LogP contribution in [0.1, 0.15) is 32.8 Å². The highest BCUT2D eigenvalue weighted by Crippen LogP contribution is 2.22. The molecule has 0 aliphatic heterocycles. The Morgan fingerprint density at radius 1 is 1.17 bits per heavy atom. The first kappa shape index (κ1) is 14.8. The number of nitrogen functional groups attached to an aromatic ring is 1. The van der Waals surface area contributed by atoms with Crippen LogP contribution in [0.5, 0.6) is 5.75 Å². The van der Waals surface area contributed by atoms with Crippen molar-refractivity contribution in [2.45, 2.75) is 33.6 Å². The van der Waals surface area contributed by atoms with Gasteiger partial charge in [0.05, 0.1) is 12.3 Å². The second-order valence-electron chi connectivity index (χ2n) is 4.87. The number of hydrogen-bond acceptors (Lipinski definition) is 3. The van der Waals surface area contributed by atoms with E-state index in [1.807, 2.05) is 18.2 Å². The molecule has 3 nitrogen and oxygen atoms in total. The minimum absolute atomic E-state index is 0.549. The van der Waals surface area contributed by atoms with Crippen LogP contribution >= 0.6 is 0 Å². The third kappa shape index (κ3) is 5.41. The van der Waals surface area contributed by atoms with Gasteiger partial charge < -0.3 is 15.2 Å². The summed E-state index contributed by atoms with van der Waals surface area (Å²) in [5.74, 6) is 1.43. The van der Waals surface area contributed by atoms with Crippen LogP contribution in [0.2, 0.25) is 0 Å². The van der Waals surface area contributed by atoms with E-state index < -0.39 is 0 Å². The Labute approximate surface area is 110 Å². The number of nitrogens with two attached hydrogens (primary N) is 1. The zero-order valence-electron chi connectivity index (χ0n) is 11.7. The van der Waals surface area contributed by atoms with Gasteiger partial charge in [0.2, 0.25) is 0 Å². The molecule has 1 aromatic carbocycles. The smallest absolute Gasteiger partial charge is 0.142 e. The van der Waals surface area contributed by atoms with Gasteiger partial charge in [-0.05, 0) is 36.5 Å². The van der Waals surface area contributed by atoms with E-state index in [0.717, 1.165) is 25.2 Å². The Morgan fingerprint density at radius 3 is 2.56 bits per heavy atom. The lowest BCUT2D eigenvalue weighted by Gasteiger charge is -2.11. The van der Waals surface area contributed by atoms with E-state index in [4.69, 9.17) is 15.2 Å². The number of rotatable bonds is 8. The molecule has 0 radical (unpaired) electrons. The number of aryl methyl sites for hydroxylation is 1. The summed E-state index contributed by atoms with van der Waals surface area (Å²) in [5, 5.41) is 0. The average Bonchev–Trinajstić information content (AvgIpc) is 2.34. The van der Waals surface area contributed by atoms with E-state index >= 15 is 0 Å². The first-order valence-electron chi connectivity index (χ1n) is 6.72. The standard InChI is InChI=1S/C15H25NO2/c1-4-13-5-6-15(14(16)11-13)18-10-9-17-8-7-12(2)3/h5-6,11-12H,4,7-10,16H2,1-3H3. The van der Waals surface area contributed by atoms with Crippen molar-refractivity contribution < 1.29 is 9.47 Å². The Hall–Kier alpha value is -1.22. The van der Waals surface area contributed by atoms with Gasteiger partial charge in [-0.2, -0.15) is 0 Å². The fourth-order valence-corrected chi connectivity index (χ4v) is 1.58. The Bertz CT molecular complexity index is 350. The van der Waals surface area contributed by atoms with Crippen LogP contribution in [0.25, 0.3) is 0 Å². The van der Waals surface area contributed by atoms with Gasteiger partial charge in [-0.15, -0.1) is 0 Å². The van der Waals surface area contributed by atoms with Crippen LogP contribution in [0.4, 0.5) is 5.69 Å². The molecule has 1 aromatic rings. The zero-order chi connectivity index (χ0) is 13.4. The fourth-order valence-electron chi connectivity index (χ4n) is 1.58.